The van der Waals surface area contributed by atoms with E-state index in [1.54, 1.807) is 4.90 Å². The van der Waals surface area contributed by atoms with Crippen LogP contribution in [-0.4, -0.2) is 61.9 Å². The Bertz CT molecular complexity index is 487. The molecule has 1 atom stereocenters. The first-order valence-electron chi connectivity index (χ1n) is 6.95. The molecular weight excluding hydrogens is 282 g/mol. The summed E-state index contributed by atoms with van der Waals surface area (Å²) in [6, 6.07) is -0.353. The molecule has 2 rings (SSSR count). The molecular formula is C12H21N3O4S. The van der Waals surface area contributed by atoms with Crippen LogP contribution < -0.4 is 10.6 Å². The fraction of sp³-hybridized carbons (Fsp3) is 0.833. The summed E-state index contributed by atoms with van der Waals surface area (Å²) in [6.07, 6.45) is 2.46. The van der Waals surface area contributed by atoms with Gasteiger partial charge in [-0.05, 0) is 26.2 Å². The van der Waals surface area contributed by atoms with Crippen LogP contribution in [0, 0.1) is 0 Å². The molecule has 0 aromatic rings. The summed E-state index contributed by atoms with van der Waals surface area (Å²) in [4.78, 5) is 25.1. The number of nitrogens with zero attached hydrogens (tertiary/aromatic N) is 1. The predicted molar refractivity (Wildman–Crippen MR) is 74.0 cm³/mol. The topological polar surface area (TPSA) is 95.6 Å². The van der Waals surface area contributed by atoms with Crippen molar-refractivity contribution in [2.24, 2.45) is 0 Å². The van der Waals surface area contributed by atoms with Gasteiger partial charge in [-0.3, -0.25) is 4.79 Å². The normalized spacial score (nSPS) is 24.1. The Morgan fingerprint density at radius 3 is 2.45 bits per heavy atom. The van der Waals surface area contributed by atoms with Crippen molar-refractivity contribution in [1.82, 2.24) is 15.5 Å². The molecule has 0 aromatic carbocycles. The van der Waals surface area contributed by atoms with E-state index < -0.39 is 9.84 Å². The van der Waals surface area contributed by atoms with Crippen LogP contribution in [0.4, 0.5) is 4.79 Å². The standard InChI is InChI=1S/C12H21N3O4S/c1-2-15(10-5-6-20(18,19)8-10)11(16)7-13-12(17)14-9-3-4-9/h9-10H,2-8H2,1H3,(H2,13,14,17). The van der Waals surface area contributed by atoms with Gasteiger partial charge in [-0.25, -0.2) is 13.2 Å². The monoisotopic (exact) mass is 303 g/mol. The average Bonchev–Trinajstić information content (AvgIpc) is 3.11. The molecule has 114 valence electrons. The Kier molecular flexibility index (Phi) is 4.52. The molecule has 1 heterocycles. The number of hydrogen-bond acceptors (Lipinski definition) is 4. The third-order valence-corrected chi connectivity index (χ3v) is 5.37. The number of carbonyl (C=O) groups excluding carboxylic acids is 2. The number of sulfone groups is 1. The van der Waals surface area contributed by atoms with E-state index in [9.17, 15) is 18.0 Å². The third kappa shape index (κ3) is 4.09. The van der Waals surface area contributed by atoms with E-state index in [4.69, 9.17) is 0 Å². The van der Waals surface area contributed by atoms with Crippen molar-refractivity contribution < 1.29 is 18.0 Å². The Hall–Kier alpha value is -1.31. The van der Waals surface area contributed by atoms with Gasteiger partial charge in [-0.2, -0.15) is 0 Å². The second-order valence-corrected chi connectivity index (χ2v) is 7.57. The first-order valence-corrected chi connectivity index (χ1v) is 8.77. The zero-order valence-corrected chi connectivity index (χ0v) is 12.4. The van der Waals surface area contributed by atoms with Crippen LogP contribution in [-0.2, 0) is 14.6 Å². The highest BCUT2D eigenvalue weighted by molar-refractivity contribution is 7.91. The summed E-state index contributed by atoms with van der Waals surface area (Å²) in [6.45, 7) is 2.17. The molecule has 1 aliphatic heterocycles. The quantitative estimate of drug-likeness (QED) is 0.714. The highest BCUT2D eigenvalue weighted by atomic mass is 32.2. The smallest absolute Gasteiger partial charge is 0.315 e. The maximum absolute atomic E-state index is 12.1. The van der Waals surface area contributed by atoms with Gasteiger partial charge >= 0.3 is 6.03 Å². The lowest BCUT2D eigenvalue weighted by molar-refractivity contribution is -0.131. The van der Waals surface area contributed by atoms with Gasteiger partial charge in [0.15, 0.2) is 9.84 Å². The lowest BCUT2D eigenvalue weighted by atomic mass is 10.2. The molecule has 1 unspecified atom stereocenters. The number of nitrogens with one attached hydrogen (secondary N) is 2. The van der Waals surface area contributed by atoms with Crippen molar-refractivity contribution in [3.05, 3.63) is 0 Å². The molecule has 7 nitrogen and oxygen atoms in total. The fourth-order valence-corrected chi connectivity index (χ4v) is 4.11. The lowest BCUT2D eigenvalue weighted by Crippen LogP contribution is -2.48. The van der Waals surface area contributed by atoms with Gasteiger partial charge < -0.3 is 15.5 Å². The molecule has 0 bridgehead atoms. The number of rotatable bonds is 5. The van der Waals surface area contributed by atoms with Crippen LogP contribution in [0.15, 0.2) is 0 Å². The Balaban J connectivity index is 1.81. The summed E-state index contributed by atoms with van der Waals surface area (Å²) < 4.78 is 22.9. The molecule has 8 heteroatoms. The summed E-state index contributed by atoms with van der Waals surface area (Å²) in [7, 11) is -3.02. The Labute approximate surface area is 119 Å². The summed E-state index contributed by atoms with van der Waals surface area (Å²) in [5.41, 5.74) is 0. The maximum atomic E-state index is 12.1. The van der Waals surface area contributed by atoms with E-state index in [0.717, 1.165) is 12.8 Å². The molecule has 1 aliphatic carbocycles. The zero-order valence-electron chi connectivity index (χ0n) is 11.6. The molecule has 0 spiro atoms. The summed E-state index contributed by atoms with van der Waals surface area (Å²) in [5.74, 6) is -0.0710. The Morgan fingerprint density at radius 2 is 1.95 bits per heavy atom. The molecule has 2 N–H and O–H groups in total. The largest absolute Gasteiger partial charge is 0.337 e. The number of urea groups is 1. The minimum absolute atomic E-state index is 0.0286. The van der Waals surface area contributed by atoms with Crippen molar-refractivity contribution in [2.75, 3.05) is 24.6 Å². The second kappa shape index (κ2) is 5.99. The number of hydrogen-bond donors (Lipinski definition) is 2. The molecule has 0 aromatic heterocycles. The van der Waals surface area contributed by atoms with Crippen LogP contribution >= 0.6 is 0 Å². The van der Waals surface area contributed by atoms with Gasteiger partial charge in [-0.1, -0.05) is 0 Å². The van der Waals surface area contributed by atoms with Crippen LogP contribution in [0.5, 0.6) is 0 Å². The molecule has 20 heavy (non-hydrogen) atoms. The minimum Gasteiger partial charge on any atom is -0.337 e. The van der Waals surface area contributed by atoms with Crippen molar-refractivity contribution in [3.63, 3.8) is 0 Å². The SMILES string of the molecule is CCN(C(=O)CNC(=O)NC1CC1)C1CCS(=O)(=O)C1. The molecule has 3 amide bonds. The molecule has 1 saturated carbocycles. The van der Waals surface area contributed by atoms with Crippen molar-refractivity contribution >= 4 is 21.8 Å². The molecule has 0 radical (unpaired) electrons. The van der Waals surface area contributed by atoms with Crippen molar-refractivity contribution in [3.8, 4) is 0 Å². The first kappa shape index (κ1) is 15.1. The fourth-order valence-electron chi connectivity index (χ4n) is 2.38. The van der Waals surface area contributed by atoms with E-state index in [1.807, 2.05) is 6.92 Å². The second-order valence-electron chi connectivity index (χ2n) is 5.34. The van der Waals surface area contributed by atoms with Gasteiger partial charge in [0, 0.05) is 18.6 Å². The minimum atomic E-state index is -3.02. The molecule has 2 aliphatic rings. The van der Waals surface area contributed by atoms with E-state index in [2.05, 4.69) is 10.6 Å². The molecule has 2 fully saturated rings. The van der Waals surface area contributed by atoms with Crippen molar-refractivity contribution in [1.29, 1.82) is 0 Å². The number of amides is 3. The van der Waals surface area contributed by atoms with Gasteiger partial charge in [0.05, 0.1) is 18.1 Å². The Morgan fingerprint density at radius 1 is 1.25 bits per heavy atom. The third-order valence-electron chi connectivity index (χ3n) is 3.62. The summed E-state index contributed by atoms with van der Waals surface area (Å²) >= 11 is 0. The predicted octanol–water partition coefficient (Wildman–Crippen LogP) is -0.516. The maximum Gasteiger partial charge on any atom is 0.315 e. The highest BCUT2D eigenvalue weighted by Gasteiger charge is 2.33. The van der Waals surface area contributed by atoms with E-state index in [-0.39, 0.29) is 42.1 Å². The van der Waals surface area contributed by atoms with Crippen LogP contribution in [0.25, 0.3) is 0 Å². The summed E-state index contributed by atoms with van der Waals surface area (Å²) in [5, 5.41) is 5.25. The average molecular weight is 303 g/mol. The van der Waals surface area contributed by atoms with E-state index >= 15 is 0 Å². The van der Waals surface area contributed by atoms with Gasteiger partial charge in [0.25, 0.3) is 0 Å². The number of likely N-dealkylation sites (N-methyl/N-ethyl adjacent to an activating group) is 1. The van der Waals surface area contributed by atoms with E-state index in [1.165, 1.54) is 0 Å². The van der Waals surface area contributed by atoms with Gasteiger partial charge in [-0.15, -0.1) is 0 Å². The van der Waals surface area contributed by atoms with Crippen LogP contribution in [0.3, 0.4) is 0 Å². The van der Waals surface area contributed by atoms with Gasteiger partial charge in [0.2, 0.25) is 5.91 Å². The van der Waals surface area contributed by atoms with Crippen LogP contribution in [0.1, 0.15) is 26.2 Å². The van der Waals surface area contributed by atoms with E-state index in [0.29, 0.717) is 13.0 Å². The lowest BCUT2D eigenvalue weighted by Gasteiger charge is -2.27. The highest BCUT2D eigenvalue weighted by Crippen LogP contribution is 2.18. The number of carbonyl (C=O) groups is 2. The van der Waals surface area contributed by atoms with Crippen LogP contribution in [0.2, 0.25) is 0 Å². The first-order chi connectivity index (χ1) is 9.41. The molecule has 1 saturated heterocycles. The van der Waals surface area contributed by atoms with Crippen molar-refractivity contribution in [2.45, 2.75) is 38.3 Å². The zero-order chi connectivity index (χ0) is 14.8. The van der Waals surface area contributed by atoms with Gasteiger partial charge in [0.1, 0.15) is 0 Å².